The lowest BCUT2D eigenvalue weighted by atomic mass is 9.91. The zero-order chi connectivity index (χ0) is 35.6. The van der Waals surface area contributed by atoms with Crippen LogP contribution in [0.4, 0.5) is 15.8 Å². The molecule has 0 radical (unpaired) electrons. The van der Waals surface area contributed by atoms with E-state index in [1.165, 1.54) is 12.7 Å². The first kappa shape index (κ1) is 36.2. The lowest BCUT2D eigenvalue weighted by molar-refractivity contribution is -0.667. The van der Waals surface area contributed by atoms with Gasteiger partial charge in [-0.05, 0) is 69.3 Å². The van der Waals surface area contributed by atoms with Crippen molar-refractivity contribution in [2.45, 2.75) is 50.0 Å². The first-order valence-electron chi connectivity index (χ1n) is 17.3. The van der Waals surface area contributed by atoms with Gasteiger partial charge in [-0.2, -0.15) is 8.96 Å². The third-order valence-corrected chi connectivity index (χ3v) is 10.7. The Bertz CT molecular complexity index is 1710. The van der Waals surface area contributed by atoms with Gasteiger partial charge in [0, 0.05) is 49.6 Å². The van der Waals surface area contributed by atoms with Crippen molar-refractivity contribution in [2.24, 2.45) is 22.8 Å². The van der Waals surface area contributed by atoms with E-state index in [-0.39, 0.29) is 46.7 Å². The molecular weight excluding hydrogens is 663 g/mol. The maximum Gasteiger partial charge on any atom is 0.381 e. The van der Waals surface area contributed by atoms with Crippen molar-refractivity contribution < 1.29 is 27.9 Å². The Morgan fingerprint density at radius 2 is 2.04 bits per heavy atom. The summed E-state index contributed by atoms with van der Waals surface area (Å²) >= 11 is 6.78. The van der Waals surface area contributed by atoms with Crippen LogP contribution in [0.15, 0.2) is 27.7 Å². The SMILES string of the molecule is C=Nc1c(F)c(-c2c(C(=N)N)c(N)cc(Cl)c2C2CC2)[n+](C)c(OC)c1/C(=N\COCC12CCCN1C/C(=C\COC)C2)N1CCCOCC1. The van der Waals surface area contributed by atoms with Crippen molar-refractivity contribution in [1.29, 1.82) is 5.41 Å². The van der Waals surface area contributed by atoms with Gasteiger partial charge >= 0.3 is 5.88 Å². The first-order chi connectivity index (χ1) is 24.2. The molecule has 50 heavy (non-hydrogen) atoms. The largest absolute Gasteiger partial charge is 0.447 e. The highest BCUT2D eigenvalue weighted by Crippen LogP contribution is 2.51. The number of hydrogen-bond acceptors (Lipinski definition) is 9. The van der Waals surface area contributed by atoms with Crippen LogP contribution in [0.25, 0.3) is 11.3 Å². The minimum absolute atomic E-state index is 0.0436. The van der Waals surface area contributed by atoms with Crippen LogP contribution < -0.4 is 20.8 Å². The molecule has 3 saturated heterocycles. The predicted molar refractivity (Wildman–Crippen MR) is 194 cm³/mol. The molecule has 4 heterocycles. The summed E-state index contributed by atoms with van der Waals surface area (Å²) in [6.45, 7) is 9.18. The molecule has 6 rings (SSSR count). The van der Waals surface area contributed by atoms with Crippen LogP contribution in [0, 0.1) is 11.2 Å². The minimum atomic E-state index is -0.675. The molecular formula is C36H49ClFN8O4+. The number of benzene rings is 1. The summed E-state index contributed by atoms with van der Waals surface area (Å²) in [4.78, 5) is 13.8. The Balaban J connectivity index is 1.44. The monoisotopic (exact) mass is 711 g/mol. The molecule has 12 nitrogen and oxygen atoms in total. The lowest BCUT2D eigenvalue weighted by Gasteiger charge is -2.31. The zero-order valence-electron chi connectivity index (χ0n) is 29.3. The van der Waals surface area contributed by atoms with Gasteiger partial charge in [-0.25, -0.2) is 4.99 Å². The van der Waals surface area contributed by atoms with Crippen molar-refractivity contribution in [2.75, 3.05) is 79.3 Å². The average molecular weight is 712 g/mol. The Morgan fingerprint density at radius 1 is 1.24 bits per heavy atom. The van der Waals surface area contributed by atoms with E-state index in [0.29, 0.717) is 72.9 Å². The molecule has 270 valence electrons. The molecule has 4 fully saturated rings. The highest BCUT2D eigenvalue weighted by atomic mass is 35.5. The van der Waals surface area contributed by atoms with Crippen LogP contribution in [-0.4, -0.2) is 107 Å². The number of nitrogens with one attached hydrogen (secondary N) is 1. The van der Waals surface area contributed by atoms with E-state index in [1.807, 2.05) is 0 Å². The number of aliphatic imine (C=N–C) groups is 2. The van der Waals surface area contributed by atoms with Crippen LogP contribution in [0.2, 0.25) is 5.02 Å². The number of nitrogens with zero attached hydrogens (tertiary/aromatic N) is 5. The molecule has 1 atom stereocenters. The first-order valence-corrected chi connectivity index (χ1v) is 17.6. The van der Waals surface area contributed by atoms with E-state index in [1.54, 1.807) is 24.8 Å². The molecule has 4 aliphatic rings. The number of anilines is 1. The molecule has 1 aliphatic carbocycles. The molecule has 2 aromatic rings. The summed E-state index contributed by atoms with van der Waals surface area (Å²) in [5.41, 5.74) is 15.7. The molecule has 14 heteroatoms. The number of pyridine rings is 1. The van der Waals surface area contributed by atoms with Gasteiger partial charge in [-0.1, -0.05) is 23.3 Å². The summed E-state index contributed by atoms with van der Waals surface area (Å²) in [7, 11) is 4.94. The molecule has 0 bridgehead atoms. The fraction of sp³-hybridized carbons (Fsp3) is 0.556. The molecule has 1 aromatic heterocycles. The highest BCUT2D eigenvalue weighted by molar-refractivity contribution is 6.32. The van der Waals surface area contributed by atoms with E-state index in [2.05, 4.69) is 27.6 Å². The van der Waals surface area contributed by atoms with Crippen LogP contribution in [0.3, 0.4) is 0 Å². The van der Waals surface area contributed by atoms with Gasteiger partial charge in [0.05, 0.1) is 38.1 Å². The van der Waals surface area contributed by atoms with Crippen LogP contribution in [0.5, 0.6) is 5.88 Å². The van der Waals surface area contributed by atoms with E-state index in [9.17, 15) is 0 Å². The molecule has 5 N–H and O–H groups in total. The minimum Gasteiger partial charge on any atom is -0.447 e. The second kappa shape index (κ2) is 15.3. The molecule has 0 spiro atoms. The zero-order valence-corrected chi connectivity index (χ0v) is 30.1. The smallest absolute Gasteiger partial charge is 0.381 e. The van der Waals surface area contributed by atoms with Crippen molar-refractivity contribution in [3.05, 3.63) is 45.2 Å². The number of amidine groups is 2. The third-order valence-electron chi connectivity index (χ3n) is 10.3. The molecule has 1 unspecified atom stereocenters. The summed E-state index contributed by atoms with van der Waals surface area (Å²) < 4.78 is 42.4. The van der Waals surface area contributed by atoms with E-state index >= 15 is 4.39 Å². The number of rotatable bonds is 12. The van der Waals surface area contributed by atoms with Gasteiger partial charge < -0.3 is 35.3 Å². The van der Waals surface area contributed by atoms with E-state index in [0.717, 1.165) is 51.6 Å². The standard InChI is InChI=1S/C36H49ClFN8O4/c1-42-31-29(35(48-4)44(2)32(30(31)38)28-26(23-7-8-23)24(37)17-25(39)27(28)33(40)41)34(45-11-6-14-49-16-13-45)43-21-50-20-36-10-5-12-46(36)19-22(18-36)9-15-47-3/h9,17,23H,1,5-8,10-16,18-21,39H2,2-4H3,(H3,40,41)/q+1/b22-9-,43-34+. The number of hydrogen-bond donors (Lipinski definition) is 3. The van der Waals surface area contributed by atoms with Crippen molar-refractivity contribution in [3.8, 4) is 17.1 Å². The average Bonchev–Trinajstić information content (AvgIpc) is 3.82. The predicted octanol–water partition coefficient (Wildman–Crippen LogP) is 4.31. The number of ether oxygens (including phenoxy) is 4. The van der Waals surface area contributed by atoms with Gasteiger partial charge in [0.25, 0.3) is 5.69 Å². The van der Waals surface area contributed by atoms with Gasteiger partial charge in [0.15, 0.2) is 5.56 Å². The maximum atomic E-state index is 17.3. The number of nitrogens with two attached hydrogens (primary N) is 2. The summed E-state index contributed by atoms with van der Waals surface area (Å²) in [5.74, 6) is -0.116. The second-order valence-corrected chi connectivity index (χ2v) is 14.0. The number of fused-ring (bicyclic) bond motifs is 1. The number of nitrogen functional groups attached to an aromatic ring is 2. The van der Waals surface area contributed by atoms with E-state index in [4.69, 9.17) is 52.4 Å². The second-order valence-electron chi connectivity index (χ2n) is 13.6. The quantitative estimate of drug-likeness (QED) is 0.0737. The molecule has 0 amide bonds. The number of methoxy groups -OCH3 is 2. The van der Waals surface area contributed by atoms with Crippen LogP contribution in [0.1, 0.15) is 61.1 Å². The number of halogens is 2. The Morgan fingerprint density at radius 3 is 2.74 bits per heavy atom. The van der Waals surface area contributed by atoms with Crippen molar-refractivity contribution in [3.63, 3.8) is 0 Å². The third kappa shape index (κ3) is 6.85. The summed E-state index contributed by atoms with van der Waals surface area (Å²) in [5, 5.41) is 8.83. The van der Waals surface area contributed by atoms with Crippen molar-refractivity contribution in [1.82, 2.24) is 9.80 Å². The molecule has 1 aromatic carbocycles. The van der Waals surface area contributed by atoms with Gasteiger partial charge in [0.2, 0.25) is 5.82 Å². The fourth-order valence-corrected chi connectivity index (χ4v) is 8.32. The normalized spacial score (nSPS) is 22.2. The Hall–Kier alpha value is -3.62. The number of aromatic nitrogens is 1. The van der Waals surface area contributed by atoms with Gasteiger partial charge in [-0.15, -0.1) is 0 Å². The summed E-state index contributed by atoms with van der Waals surface area (Å²) in [6.07, 6.45) is 7.81. The Labute approximate surface area is 298 Å². The van der Waals surface area contributed by atoms with Crippen molar-refractivity contribution >= 4 is 41.4 Å². The maximum absolute atomic E-state index is 17.3. The Kier molecular flexibility index (Phi) is 11.1. The topological polar surface area (TPSA) is 148 Å². The molecule has 1 saturated carbocycles. The summed E-state index contributed by atoms with van der Waals surface area (Å²) in [6, 6.07) is 1.59. The van der Waals surface area contributed by atoms with Crippen LogP contribution in [-0.2, 0) is 21.3 Å². The van der Waals surface area contributed by atoms with E-state index < -0.39 is 5.82 Å². The lowest BCUT2D eigenvalue weighted by Crippen LogP contribution is -2.43. The van der Waals surface area contributed by atoms with Gasteiger partial charge in [-0.3, -0.25) is 15.3 Å². The highest BCUT2D eigenvalue weighted by Gasteiger charge is 2.46. The fourth-order valence-electron chi connectivity index (χ4n) is 7.95. The van der Waals surface area contributed by atoms with Gasteiger partial charge in [0.1, 0.15) is 31.1 Å². The molecule has 3 aliphatic heterocycles. The van der Waals surface area contributed by atoms with Crippen LogP contribution >= 0.6 is 11.6 Å².